The number of benzene rings is 2. The highest BCUT2D eigenvalue weighted by molar-refractivity contribution is 6.04. The maximum atomic E-state index is 12.6. The lowest BCUT2D eigenvalue weighted by molar-refractivity contribution is -0.122. The van der Waals surface area contributed by atoms with E-state index >= 15 is 0 Å². The van der Waals surface area contributed by atoms with Crippen molar-refractivity contribution >= 4 is 29.0 Å². The molecule has 7 heteroatoms. The first kappa shape index (κ1) is 18.0. The van der Waals surface area contributed by atoms with Crippen LogP contribution in [0.15, 0.2) is 42.5 Å². The lowest BCUT2D eigenvalue weighted by Gasteiger charge is -2.22. The van der Waals surface area contributed by atoms with Crippen molar-refractivity contribution in [3.8, 4) is 11.5 Å². The number of carbonyl (C=O) groups is 3. The molecule has 0 radical (unpaired) electrons. The second-order valence-corrected chi connectivity index (χ2v) is 6.86. The van der Waals surface area contributed by atoms with Crippen LogP contribution in [0.5, 0.6) is 11.5 Å². The van der Waals surface area contributed by atoms with Crippen molar-refractivity contribution in [2.75, 3.05) is 30.0 Å². The van der Waals surface area contributed by atoms with Gasteiger partial charge in [0.25, 0.3) is 0 Å². The highest BCUT2D eigenvalue weighted by Crippen LogP contribution is 2.36. The molecule has 0 unspecified atom stereocenters. The zero-order valence-corrected chi connectivity index (χ0v) is 15.4. The van der Waals surface area contributed by atoms with Gasteiger partial charge < -0.3 is 19.7 Å². The smallest absolute Gasteiger partial charge is 0.229 e. The molecule has 28 heavy (non-hydrogen) atoms. The van der Waals surface area contributed by atoms with Gasteiger partial charge in [0, 0.05) is 36.0 Å². The van der Waals surface area contributed by atoms with Crippen LogP contribution in [0.2, 0.25) is 0 Å². The predicted molar refractivity (Wildman–Crippen MR) is 103 cm³/mol. The van der Waals surface area contributed by atoms with Gasteiger partial charge in [-0.2, -0.15) is 0 Å². The Bertz CT molecular complexity index is 938. The summed E-state index contributed by atoms with van der Waals surface area (Å²) < 4.78 is 11.1. The molecular weight excluding hydrogens is 360 g/mol. The average Bonchev–Trinajstić information content (AvgIpc) is 3.10. The summed E-state index contributed by atoms with van der Waals surface area (Å²) in [6.07, 6.45) is 0.145. The molecule has 2 aliphatic rings. The van der Waals surface area contributed by atoms with Crippen molar-refractivity contribution in [3.05, 3.63) is 48.0 Å². The van der Waals surface area contributed by atoms with Crippen molar-refractivity contribution < 1.29 is 23.9 Å². The molecule has 4 rings (SSSR count). The van der Waals surface area contributed by atoms with E-state index in [0.717, 1.165) is 0 Å². The number of fused-ring (bicyclic) bond motifs is 1. The van der Waals surface area contributed by atoms with Gasteiger partial charge in [-0.3, -0.25) is 14.4 Å². The summed E-state index contributed by atoms with van der Waals surface area (Å²) >= 11 is 0. The second kappa shape index (κ2) is 7.34. The van der Waals surface area contributed by atoms with Crippen molar-refractivity contribution in [3.63, 3.8) is 0 Å². The molecule has 2 amide bonds. The molecule has 7 nitrogen and oxygen atoms in total. The van der Waals surface area contributed by atoms with E-state index in [0.29, 0.717) is 48.2 Å². The zero-order valence-electron chi connectivity index (χ0n) is 15.4. The fourth-order valence-electron chi connectivity index (χ4n) is 3.37. The summed E-state index contributed by atoms with van der Waals surface area (Å²) in [5.74, 6) is 0.454. The molecule has 1 saturated heterocycles. The highest BCUT2D eigenvalue weighted by Gasteiger charge is 2.35. The van der Waals surface area contributed by atoms with E-state index in [1.165, 1.54) is 6.92 Å². The van der Waals surface area contributed by atoms with Crippen LogP contribution in [0, 0.1) is 5.92 Å². The summed E-state index contributed by atoms with van der Waals surface area (Å²) in [6.45, 7) is 2.77. The van der Waals surface area contributed by atoms with Gasteiger partial charge in [-0.05, 0) is 43.3 Å². The van der Waals surface area contributed by atoms with E-state index in [-0.39, 0.29) is 24.0 Å². The summed E-state index contributed by atoms with van der Waals surface area (Å²) in [5, 5.41) is 2.82. The van der Waals surface area contributed by atoms with Crippen molar-refractivity contribution in [1.82, 2.24) is 0 Å². The normalized spacial score (nSPS) is 18.1. The van der Waals surface area contributed by atoms with Gasteiger partial charge in [-0.25, -0.2) is 0 Å². The van der Waals surface area contributed by atoms with E-state index in [9.17, 15) is 14.4 Å². The zero-order chi connectivity index (χ0) is 19.7. The van der Waals surface area contributed by atoms with Gasteiger partial charge in [0.2, 0.25) is 11.8 Å². The van der Waals surface area contributed by atoms with Gasteiger partial charge in [0.15, 0.2) is 17.3 Å². The van der Waals surface area contributed by atoms with Crippen LogP contribution in [-0.4, -0.2) is 37.4 Å². The topological polar surface area (TPSA) is 84.9 Å². The first-order valence-corrected chi connectivity index (χ1v) is 9.13. The molecule has 0 aromatic heterocycles. The highest BCUT2D eigenvalue weighted by atomic mass is 16.6. The summed E-state index contributed by atoms with van der Waals surface area (Å²) in [4.78, 5) is 38.0. The van der Waals surface area contributed by atoms with Crippen LogP contribution >= 0.6 is 0 Å². The second-order valence-electron chi connectivity index (χ2n) is 6.86. The lowest BCUT2D eigenvalue weighted by Crippen LogP contribution is -2.28. The quantitative estimate of drug-likeness (QED) is 0.825. The van der Waals surface area contributed by atoms with E-state index in [2.05, 4.69) is 5.32 Å². The van der Waals surface area contributed by atoms with Crippen LogP contribution in [0.1, 0.15) is 23.7 Å². The Hall–Kier alpha value is -3.35. The Kier molecular flexibility index (Phi) is 4.73. The number of anilines is 2. The summed E-state index contributed by atoms with van der Waals surface area (Å²) in [7, 11) is 0. The van der Waals surface area contributed by atoms with Gasteiger partial charge in [0.1, 0.15) is 13.2 Å². The summed E-state index contributed by atoms with van der Waals surface area (Å²) in [5.41, 5.74) is 1.87. The number of ketones is 1. The SMILES string of the molecule is CC(=O)c1ccc(NC(=O)[C@H]2CC(=O)N(c3ccc4c(c3)OCCO4)C2)cc1. The third kappa shape index (κ3) is 3.55. The fourth-order valence-corrected chi connectivity index (χ4v) is 3.37. The van der Waals surface area contributed by atoms with Crippen LogP contribution in [-0.2, 0) is 9.59 Å². The van der Waals surface area contributed by atoms with E-state index < -0.39 is 5.92 Å². The monoisotopic (exact) mass is 380 g/mol. The van der Waals surface area contributed by atoms with Gasteiger partial charge in [-0.1, -0.05) is 0 Å². The molecule has 0 bridgehead atoms. The Balaban J connectivity index is 1.44. The first-order chi connectivity index (χ1) is 13.5. The number of amides is 2. The lowest BCUT2D eigenvalue weighted by atomic mass is 10.1. The van der Waals surface area contributed by atoms with E-state index in [1.54, 1.807) is 47.4 Å². The largest absolute Gasteiger partial charge is 0.486 e. The first-order valence-electron chi connectivity index (χ1n) is 9.13. The molecule has 2 aromatic rings. The van der Waals surface area contributed by atoms with Gasteiger partial charge in [0.05, 0.1) is 5.92 Å². The van der Waals surface area contributed by atoms with Crippen molar-refractivity contribution in [1.29, 1.82) is 0 Å². The number of nitrogens with zero attached hydrogens (tertiary/aromatic N) is 1. The Labute approximate surface area is 162 Å². The minimum Gasteiger partial charge on any atom is -0.486 e. The van der Waals surface area contributed by atoms with E-state index in [1.807, 2.05) is 0 Å². The molecule has 1 N–H and O–H groups in total. The van der Waals surface area contributed by atoms with Gasteiger partial charge >= 0.3 is 0 Å². The Morgan fingerprint density at radius 2 is 1.75 bits per heavy atom. The average molecular weight is 380 g/mol. The fraction of sp³-hybridized carbons (Fsp3) is 0.286. The molecule has 0 spiro atoms. The molecule has 2 heterocycles. The predicted octanol–water partition coefficient (Wildman–Crippen LogP) is 2.65. The summed E-state index contributed by atoms with van der Waals surface area (Å²) in [6, 6.07) is 12.0. The number of hydrogen-bond acceptors (Lipinski definition) is 5. The number of nitrogens with one attached hydrogen (secondary N) is 1. The molecule has 2 aromatic carbocycles. The molecule has 0 aliphatic carbocycles. The number of Topliss-reactive ketones (excluding diaryl/α,β-unsaturated/α-hetero) is 1. The third-order valence-corrected chi connectivity index (χ3v) is 4.89. The molecule has 144 valence electrons. The van der Waals surface area contributed by atoms with Crippen LogP contribution < -0.4 is 19.7 Å². The number of rotatable bonds is 4. The Morgan fingerprint density at radius 3 is 2.46 bits per heavy atom. The molecule has 0 saturated carbocycles. The minimum atomic E-state index is -0.451. The minimum absolute atomic E-state index is 0.0330. The molecule has 1 atom stereocenters. The van der Waals surface area contributed by atoms with Gasteiger partial charge in [-0.15, -0.1) is 0 Å². The molecular formula is C21H20N2O5. The number of hydrogen-bond donors (Lipinski definition) is 1. The van der Waals surface area contributed by atoms with Crippen LogP contribution in [0.3, 0.4) is 0 Å². The maximum Gasteiger partial charge on any atom is 0.229 e. The number of ether oxygens (including phenoxy) is 2. The third-order valence-electron chi connectivity index (χ3n) is 4.89. The van der Waals surface area contributed by atoms with Crippen LogP contribution in [0.25, 0.3) is 0 Å². The standard InChI is InChI=1S/C21H20N2O5/c1-13(24)14-2-4-16(5-3-14)22-21(26)15-10-20(25)23(12-15)17-6-7-18-19(11-17)28-9-8-27-18/h2-7,11,15H,8-10,12H2,1H3,(H,22,26)/t15-/m0/s1. The Morgan fingerprint density at radius 1 is 1.04 bits per heavy atom. The van der Waals surface area contributed by atoms with Crippen molar-refractivity contribution in [2.45, 2.75) is 13.3 Å². The van der Waals surface area contributed by atoms with Crippen molar-refractivity contribution in [2.24, 2.45) is 5.92 Å². The van der Waals surface area contributed by atoms with Crippen LogP contribution in [0.4, 0.5) is 11.4 Å². The maximum absolute atomic E-state index is 12.6. The molecule has 2 aliphatic heterocycles. The molecule has 1 fully saturated rings. The number of carbonyl (C=O) groups excluding carboxylic acids is 3. The van der Waals surface area contributed by atoms with E-state index in [4.69, 9.17) is 9.47 Å².